The first-order valence-electron chi connectivity index (χ1n) is 9.35. The predicted molar refractivity (Wildman–Crippen MR) is 101 cm³/mol. The molecule has 3 heteroatoms. The maximum absolute atomic E-state index is 12.9. The fourth-order valence-electron chi connectivity index (χ4n) is 3.98. The summed E-state index contributed by atoms with van der Waals surface area (Å²) < 4.78 is 6.74. The van der Waals surface area contributed by atoms with E-state index in [0.717, 1.165) is 52.9 Å². The summed E-state index contributed by atoms with van der Waals surface area (Å²) in [6.07, 6.45) is 0. The van der Waals surface area contributed by atoms with Crippen molar-refractivity contribution in [1.29, 1.82) is 0 Å². The molecule has 0 saturated carbocycles. The summed E-state index contributed by atoms with van der Waals surface area (Å²) in [7, 11) is 0. The van der Waals surface area contributed by atoms with Gasteiger partial charge in [0.1, 0.15) is 19.1 Å². The highest BCUT2D eigenvalue weighted by Gasteiger charge is 2.34. The molecule has 0 unspecified atom stereocenters. The number of benzene rings is 2. The molecule has 2 aromatic rings. The summed E-state index contributed by atoms with van der Waals surface area (Å²) in [5, 5.41) is 0. The van der Waals surface area contributed by atoms with E-state index in [-0.39, 0.29) is 11.9 Å². The maximum Gasteiger partial charge on any atom is 0.318 e. The number of likely N-dealkylation sites (N-methyl/N-ethyl adjacent to an activating group) is 1. The van der Waals surface area contributed by atoms with Crippen LogP contribution in [0.3, 0.4) is 0 Å². The zero-order valence-corrected chi connectivity index (χ0v) is 15.5. The van der Waals surface area contributed by atoms with Crippen LogP contribution in [0.5, 0.6) is 0 Å². The molecule has 0 aliphatic heterocycles. The van der Waals surface area contributed by atoms with Crippen molar-refractivity contribution in [3.63, 3.8) is 0 Å². The SMILES string of the molecule is CC[N+](CC)(CC)CCOC(=O)C1c2ccccc2-c2ccccc21. The molecule has 25 heavy (non-hydrogen) atoms. The molecule has 1 aliphatic rings. The Labute approximate surface area is 150 Å². The van der Waals surface area contributed by atoms with Gasteiger partial charge in [0, 0.05) is 0 Å². The maximum atomic E-state index is 12.9. The summed E-state index contributed by atoms with van der Waals surface area (Å²) in [5.74, 6) is -0.419. The van der Waals surface area contributed by atoms with Gasteiger partial charge in [-0.1, -0.05) is 48.5 Å². The third kappa shape index (κ3) is 3.21. The van der Waals surface area contributed by atoms with Crippen LogP contribution in [0.4, 0.5) is 0 Å². The molecular formula is C22H28NO2+. The fourth-order valence-corrected chi connectivity index (χ4v) is 3.98. The number of ether oxygens (including phenoxy) is 1. The lowest BCUT2D eigenvalue weighted by Crippen LogP contribution is -2.49. The van der Waals surface area contributed by atoms with Gasteiger partial charge in [0.2, 0.25) is 0 Å². The third-order valence-electron chi connectivity index (χ3n) is 5.89. The molecule has 0 bridgehead atoms. The summed E-state index contributed by atoms with van der Waals surface area (Å²) in [4.78, 5) is 12.9. The number of nitrogens with zero attached hydrogens (tertiary/aromatic N) is 1. The van der Waals surface area contributed by atoms with Crippen LogP contribution in [0.1, 0.15) is 37.8 Å². The number of rotatable bonds is 7. The van der Waals surface area contributed by atoms with Gasteiger partial charge in [0.05, 0.1) is 19.6 Å². The Morgan fingerprint density at radius 2 is 1.36 bits per heavy atom. The Hall–Kier alpha value is -2.13. The number of carbonyl (C=O) groups is 1. The topological polar surface area (TPSA) is 26.3 Å². The molecule has 3 nitrogen and oxygen atoms in total. The number of esters is 1. The molecule has 0 N–H and O–H groups in total. The van der Waals surface area contributed by atoms with Crippen molar-refractivity contribution in [2.45, 2.75) is 26.7 Å². The Morgan fingerprint density at radius 1 is 0.880 bits per heavy atom. The van der Waals surface area contributed by atoms with Gasteiger partial charge < -0.3 is 9.22 Å². The second-order valence-electron chi connectivity index (χ2n) is 6.79. The van der Waals surface area contributed by atoms with Gasteiger partial charge in [-0.15, -0.1) is 0 Å². The molecule has 132 valence electrons. The molecule has 0 heterocycles. The van der Waals surface area contributed by atoms with E-state index in [1.165, 1.54) is 0 Å². The average molecular weight is 338 g/mol. The summed E-state index contributed by atoms with van der Waals surface area (Å²) in [5.41, 5.74) is 4.44. The van der Waals surface area contributed by atoms with Crippen LogP contribution < -0.4 is 0 Å². The fraction of sp³-hybridized carbons (Fsp3) is 0.409. The lowest BCUT2D eigenvalue weighted by molar-refractivity contribution is -0.923. The van der Waals surface area contributed by atoms with Crippen LogP contribution in [0, 0.1) is 0 Å². The Balaban J connectivity index is 1.77. The number of hydrogen-bond acceptors (Lipinski definition) is 2. The first-order chi connectivity index (χ1) is 12.2. The Bertz CT molecular complexity index is 695. The van der Waals surface area contributed by atoms with Gasteiger partial charge in [0.15, 0.2) is 0 Å². The van der Waals surface area contributed by atoms with Crippen molar-refractivity contribution in [1.82, 2.24) is 0 Å². The number of quaternary nitrogens is 1. The quantitative estimate of drug-likeness (QED) is 0.558. The van der Waals surface area contributed by atoms with Crippen molar-refractivity contribution in [2.75, 3.05) is 32.8 Å². The molecule has 0 saturated heterocycles. The monoisotopic (exact) mass is 338 g/mol. The highest BCUT2D eigenvalue weighted by atomic mass is 16.5. The van der Waals surface area contributed by atoms with Crippen LogP contribution in [-0.2, 0) is 9.53 Å². The van der Waals surface area contributed by atoms with Crippen LogP contribution in [0.2, 0.25) is 0 Å². The van der Waals surface area contributed by atoms with Gasteiger partial charge >= 0.3 is 5.97 Å². The van der Waals surface area contributed by atoms with E-state index < -0.39 is 0 Å². The summed E-state index contributed by atoms with van der Waals surface area (Å²) in [6.45, 7) is 11.2. The number of hydrogen-bond donors (Lipinski definition) is 0. The van der Waals surface area contributed by atoms with Crippen molar-refractivity contribution in [2.24, 2.45) is 0 Å². The number of carbonyl (C=O) groups excluding carboxylic acids is 1. The third-order valence-corrected chi connectivity index (χ3v) is 5.89. The zero-order valence-electron chi connectivity index (χ0n) is 15.5. The van der Waals surface area contributed by atoms with Gasteiger partial charge in [0.25, 0.3) is 0 Å². The van der Waals surface area contributed by atoms with E-state index in [1.54, 1.807) is 0 Å². The molecule has 3 rings (SSSR count). The minimum Gasteiger partial charge on any atom is -0.459 e. The molecule has 0 atom stereocenters. The molecule has 0 aromatic heterocycles. The first kappa shape index (κ1) is 17.7. The van der Waals surface area contributed by atoms with Crippen molar-refractivity contribution in [3.05, 3.63) is 59.7 Å². The van der Waals surface area contributed by atoms with Crippen LogP contribution in [-0.4, -0.2) is 43.2 Å². The molecule has 0 radical (unpaired) electrons. The van der Waals surface area contributed by atoms with E-state index in [2.05, 4.69) is 32.9 Å². The van der Waals surface area contributed by atoms with Crippen LogP contribution >= 0.6 is 0 Å². The van der Waals surface area contributed by atoms with Crippen molar-refractivity contribution >= 4 is 5.97 Å². The van der Waals surface area contributed by atoms with Gasteiger partial charge in [-0.2, -0.15) is 0 Å². The van der Waals surface area contributed by atoms with Crippen LogP contribution in [0.15, 0.2) is 48.5 Å². The standard InChI is InChI=1S/C22H28NO2/c1-4-23(5-2,6-3)15-16-25-22(24)21-19-13-9-7-11-17(19)18-12-8-10-14-20(18)21/h7-14,21H,4-6,15-16H2,1-3H3/q+1. The zero-order chi connectivity index (χ0) is 17.9. The van der Waals surface area contributed by atoms with Crippen molar-refractivity contribution in [3.8, 4) is 11.1 Å². The van der Waals surface area contributed by atoms with Gasteiger partial charge in [-0.3, -0.25) is 4.79 Å². The van der Waals surface area contributed by atoms with Gasteiger partial charge in [-0.25, -0.2) is 0 Å². The van der Waals surface area contributed by atoms with E-state index in [9.17, 15) is 4.79 Å². The first-order valence-corrected chi connectivity index (χ1v) is 9.35. The highest BCUT2D eigenvalue weighted by molar-refractivity contribution is 5.93. The largest absolute Gasteiger partial charge is 0.459 e. The predicted octanol–water partition coefficient (Wildman–Crippen LogP) is 4.22. The van der Waals surface area contributed by atoms with E-state index in [1.807, 2.05) is 36.4 Å². The molecule has 0 amide bonds. The summed E-state index contributed by atoms with van der Waals surface area (Å²) in [6, 6.07) is 16.3. The van der Waals surface area contributed by atoms with Gasteiger partial charge in [-0.05, 0) is 43.0 Å². The Kier molecular flexibility index (Phi) is 5.24. The average Bonchev–Trinajstić information content (AvgIpc) is 3.00. The minimum absolute atomic E-state index is 0.126. The second kappa shape index (κ2) is 7.40. The second-order valence-corrected chi connectivity index (χ2v) is 6.79. The minimum atomic E-state index is -0.292. The lowest BCUT2D eigenvalue weighted by Gasteiger charge is -2.35. The summed E-state index contributed by atoms with van der Waals surface area (Å²) >= 11 is 0. The van der Waals surface area contributed by atoms with Crippen molar-refractivity contribution < 1.29 is 14.0 Å². The normalized spacial score (nSPS) is 13.4. The molecule has 2 aromatic carbocycles. The molecule has 0 fully saturated rings. The lowest BCUT2D eigenvalue weighted by atomic mass is 9.97. The smallest absolute Gasteiger partial charge is 0.318 e. The Morgan fingerprint density at radius 3 is 1.84 bits per heavy atom. The molecular weight excluding hydrogens is 310 g/mol. The van der Waals surface area contributed by atoms with E-state index in [0.29, 0.717) is 6.61 Å². The highest BCUT2D eigenvalue weighted by Crippen LogP contribution is 2.44. The number of fused-ring (bicyclic) bond motifs is 3. The molecule has 1 aliphatic carbocycles. The molecule has 0 spiro atoms. The van der Waals surface area contributed by atoms with E-state index >= 15 is 0 Å². The van der Waals surface area contributed by atoms with Crippen LogP contribution in [0.25, 0.3) is 11.1 Å². The van der Waals surface area contributed by atoms with E-state index in [4.69, 9.17) is 4.74 Å².